The molecule has 6 heteroatoms. The zero-order valence-electron chi connectivity index (χ0n) is 6.92. The van der Waals surface area contributed by atoms with Gasteiger partial charge in [0.15, 0.2) is 0 Å². The molecule has 1 amide bonds. The van der Waals surface area contributed by atoms with Gasteiger partial charge in [-0.3, -0.25) is 10.6 Å². The van der Waals surface area contributed by atoms with Gasteiger partial charge in [-0.05, 0) is 0 Å². The largest absolute Gasteiger partial charge is 0.356 e. The predicted molar refractivity (Wildman–Crippen MR) is 43.9 cm³/mol. The second-order valence-electron chi connectivity index (χ2n) is 2.15. The molecule has 0 aliphatic carbocycles. The van der Waals surface area contributed by atoms with Crippen molar-refractivity contribution in [3.63, 3.8) is 0 Å². The highest BCUT2D eigenvalue weighted by Crippen LogP contribution is 1.98. The van der Waals surface area contributed by atoms with Gasteiger partial charge in [0.25, 0.3) is 0 Å². The molecule has 0 unspecified atom stereocenters. The van der Waals surface area contributed by atoms with Crippen molar-refractivity contribution in [1.82, 2.24) is 10.7 Å². The summed E-state index contributed by atoms with van der Waals surface area (Å²) in [4.78, 5) is 10.4. The van der Waals surface area contributed by atoms with Gasteiger partial charge in [0.2, 0.25) is 5.91 Å². The maximum atomic E-state index is 10.4. The SMILES string of the molecule is CC(=O)NCC/C(=C/NN)N=N. The highest BCUT2D eigenvalue weighted by atomic mass is 16.1. The van der Waals surface area contributed by atoms with Crippen LogP contribution in [0.1, 0.15) is 13.3 Å². The van der Waals surface area contributed by atoms with E-state index in [2.05, 4.69) is 15.9 Å². The van der Waals surface area contributed by atoms with Crippen molar-refractivity contribution in [3.8, 4) is 0 Å². The molecule has 5 N–H and O–H groups in total. The first-order chi connectivity index (χ1) is 5.70. The summed E-state index contributed by atoms with van der Waals surface area (Å²) in [6, 6.07) is 0. The van der Waals surface area contributed by atoms with Crippen LogP contribution in [0.15, 0.2) is 17.0 Å². The summed E-state index contributed by atoms with van der Waals surface area (Å²) in [5, 5.41) is 5.77. The highest BCUT2D eigenvalue weighted by molar-refractivity contribution is 5.72. The average molecular weight is 171 g/mol. The van der Waals surface area contributed by atoms with Crippen LogP contribution in [0, 0.1) is 5.53 Å². The lowest BCUT2D eigenvalue weighted by Crippen LogP contribution is -2.21. The first-order valence-electron chi connectivity index (χ1n) is 3.47. The number of rotatable bonds is 5. The Morgan fingerprint density at radius 3 is 2.83 bits per heavy atom. The summed E-state index contributed by atoms with van der Waals surface area (Å²) >= 11 is 0. The third-order valence-corrected chi connectivity index (χ3v) is 1.15. The second-order valence-corrected chi connectivity index (χ2v) is 2.15. The summed E-state index contributed by atoms with van der Waals surface area (Å²) in [6.07, 6.45) is 1.90. The lowest BCUT2D eigenvalue weighted by atomic mass is 10.3. The Morgan fingerprint density at radius 1 is 1.75 bits per heavy atom. The molecule has 0 spiro atoms. The number of hydrazine groups is 1. The minimum absolute atomic E-state index is 0.0972. The van der Waals surface area contributed by atoms with E-state index in [4.69, 9.17) is 11.4 Å². The fourth-order valence-electron chi connectivity index (χ4n) is 0.623. The summed E-state index contributed by atoms with van der Waals surface area (Å²) in [5.74, 6) is 4.88. The fraction of sp³-hybridized carbons (Fsp3) is 0.500. The first kappa shape index (κ1) is 10.6. The van der Waals surface area contributed by atoms with Gasteiger partial charge in [0.05, 0.1) is 5.70 Å². The van der Waals surface area contributed by atoms with Gasteiger partial charge >= 0.3 is 0 Å². The van der Waals surface area contributed by atoms with Crippen LogP contribution in [0.5, 0.6) is 0 Å². The molecule has 0 aromatic heterocycles. The second kappa shape index (κ2) is 6.29. The third-order valence-electron chi connectivity index (χ3n) is 1.15. The van der Waals surface area contributed by atoms with Crippen molar-refractivity contribution < 1.29 is 4.79 Å². The van der Waals surface area contributed by atoms with Crippen LogP contribution in [0.25, 0.3) is 0 Å². The van der Waals surface area contributed by atoms with E-state index in [0.717, 1.165) is 0 Å². The van der Waals surface area contributed by atoms with E-state index >= 15 is 0 Å². The number of carbonyl (C=O) groups excluding carboxylic acids is 1. The summed E-state index contributed by atoms with van der Waals surface area (Å²) < 4.78 is 0. The Hall–Kier alpha value is -1.43. The van der Waals surface area contributed by atoms with Crippen LogP contribution >= 0.6 is 0 Å². The molecule has 0 bridgehead atoms. The van der Waals surface area contributed by atoms with Crippen molar-refractivity contribution in [1.29, 1.82) is 5.53 Å². The Bertz CT molecular complexity index is 188. The molecule has 0 saturated carbocycles. The molecule has 0 fully saturated rings. The highest BCUT2D eigenvalue weighted by Gasteiger charge is 1.95. The number of hydrogen-bond donors (Lipinski definition) is 4. The number of carbonyl (C=O) groups is 1. The van der Waals surface area contributed by atoms with E-state index in [1.165, 1.54) is 13.1 Å². The van der Waals surface area contributed by atoms with Crippen LogP contribution in [0.4, 0.5) is 0 Å². The van der Waals surface area contributed by atoms with Crippen molar-refractivity contribution >= 4 is 5.91 Å². The molecule has 0 aromatic carbocycles. The number of nitrogens with one attached hydrogen (secondary N) is 3. The number of nitrogens with two attached hydrogens (primary N) is 1. The molecule has 0 heterocycles. The van der Waals surface area contributed by atoms with Gasteiger partial charge in [-0.15, -0.1) is 0 Å². The molecule has 0 aromatic rings. The van der Waals surface area contributed by atoms with E-state index < -0.39 is 0 Å². The van der Waals surface area contributed by atoms with E-state index in [-0.39, 0.29) is 5.91 Å². The molecule has 0 aliphatic heterocycles. The van der Waals surface area contributed by atoms with Gasteiger partial charge in [-0.25, -0.2) is 5.53 Å². The number of amides is 1. The first-order valence-corrected chi connectivity index (χ1v) is 3.47. The predicted octanol–water partition coefficient (Wildman–Crippen LogP) is -0.152. The maximum absolute atomic E-state index is 10.4. The number of nitrogens with zero attached hydrogens (tertiary/aromatic N) is 1. The monoisotopic (exact) mass is 171 g/mol. The smallest absolute Gasteiger partial charge is 0.216 e. The Labute approximate surface area is 70.7 Å². The summed E-state index contributed by atoms with van der Waals surface area (Å²) in [6.45, 7) is 1.90. The normalized spacial score (nSPS) is 10.7. The van der Waals surface area contributed by atoms with Crippen molar-refractivity contribution in [2.45, 2.75) is 13.3 Å². The lowest BCUT2D eigenvalue weighted by Gasteiger charge is -2.00. The van der Waals surface area contributed by atoms with Gasteiger partial charge in [0, 0.05) is 26.1 Å². The quantitative estimate of drug-likeness (QED) is 0.262. The Balaban J connectivity index is 3.66. The van der Waals surface area contributed by atoms with E-state index in [9.17, 15) is 4.79 Å². The molecular weight excluding hydrogens is 158 g/mol. The average Bonchev–Trinajstić information content (AvgIpc) is 2.02. The van der Waals surface area contributed by atoms with Crippen molar-refractivity contribution in [2.75, 3.05) is 6.54 Å². The van der Waals surface area contributed by atoms with Crippen molar-refractivity contribution in [3.05, 3.63) is 11.9 Å². The van der Waals surface area contributed by atoms with Crippen LogP contribution in [0.2, 0.25) is 0 Å². The minimum atomic E-state index is -0.0972. The van der Waals surface area contributed by atoms with E-state index in [1.54, 1.807) is 0 Å². The minimum Gasteiger partial charge on any atom is -0.356 e. The lowest BCUT2D eigenvalue weighted by molar-refractivity contribution is -0.118. The third kappa shape index (κ3) is 5.36. The van der Waals surface area contributed by atoms with Crippen LogP contribution in [-0.4, -0.2) is 12.5 Å². The van der Waals surface area contributed by atoms with Gasteiger partial charge < -0.3 is 10.7 Å². The molecular formula is C6H13N5O. The molecule has 0 atom stereocenters. The standard InChI is InChI=1S/C6H13N5O/c1-5(12)9-3-2-6(11-8)4-10-7/h4,8,10H,2-3,7H2,1H3,(H,9,12)/b6-4-,11-8?. The van der Waals surface area contributed by atoms with Crippen LogP contribution < -0.4 is 16.6 Å². The molecule has 6 nitrogen and oxygen atoms in total. The Morgan fingerprint density at radius 2 is 2.42 bits per heavy atom. The molecule has 0 radical (unpaired) electrons. The molecule has 0 aliphatic rings. The van der Waals surface area contributed by atoms with Gasteiger partial charge in [0.1, 0.15) is 0 Å². The summed E-state index contributed by atoms with van der Waals surface area (Å²) in [5.41, 5.74) is 9.46. The zero-order valence-corrected chi connectivity index (χ0v) is 6.92. The molecule has 12 heavy (non-hydrogen) atoms. The number of hydrogen-bond acceptors (Lipinski definition) is 5. The van der Waals surface area contributed by atoms with E-state index in [1.807, 2.05) is 0 Å². The van der Waals surface area contributed by atoms with Crippen LogP contribution in [0.3, 0.4) is 0 Å². The van der Waals surface area contributed by atoms with Crippen LogP contribution in [-0.2, 0) is 4.79 Å². The molecule has 0 rings (SSSR count). The van der Waals surface area contributed by atoms with Gasteiger partial charge in [-0.1, -0.05) is 0 Å². The van der Waals surface area contributed by atoms with Crippen molar-refractivity contribution in [2.24, 2.45) is 11.0 Å². The molecule has 0 saturated heterocycles. The zero-order chi connectivity index (χ0) is 9.40. The Kier molecular flexibility index (Phi) is 5.54. The molecule has 68 valence electrons. The fourth-order valence-corrected chi connectivity index (χ4v) is 0.623. The maximum Gasteiger partial charge on any atom is 0.216 e. The van der Waals surface area contributed by atoms with E-state index in [0.29, 0.717) is 18.7 Å². The summed E-state index contributed by atoms with van der Waals surface area (Å²) in [7, 11) is 0. The van der Waals surface area contributed by atoms with Gasteiger partial charge in [-0.2, -0.15) is 5.11 Å². The topological polar surface area (TPSA) is 103 Å².